The van der Waals surface area contributed by atoms with Gasteiger partial charge in [-0.15, -0.1) is 0 Å². The Morgan fingerprint density at radius 3 is 2.24 bits per heavy atom. The Kier molecular flexibility index (Phi) is 9.46. The van der Waals surface area contributed by atoms with E-state index in [-0.39, 0.29) is 23.4 Å². The Balaban J connectivity index is 2.29. The van der Waals surface area contributed by atoms with Gasteiger partial charge in [-0.3, -0.25) is 9.59 Å². The van der Waals surface area contributed by atoms with Gasteiger partial charge in [0.05, 0.1) is 11.4 Å². The van der Waals surface area contributed by atoms with Crippen LogP contribution in [0.2, 0.25) is 5.02 Å². The first-order valence-electron chi connectivity index (χ1n) is 10.8. The molecular weight excluding hydrogens is 462 g/mol. The molecule has 0 fully saturated rings. The molecule has 0 saturated carbocycles. The molecule has 180 valence electrons. The van der Waals surface area contributed by atoms with Gasteiger partial charge in [-0.1, -0.05) is 42.8 Å². The number of nitrogens with one attached hydrogen (secondary N) is 1. The molecule has 0 heterocycles. The molecule has 1 N–H and O–H groups in total. The number of halogens is 1. The number of carbonyl (C=O) groups is 2. The molecule has 0 radical (unpaired) electrons. The summed E-state index contributed by atoms with van der Waals surface area (Å²) in [5.41, 5.74) is 1.87. The average molecular weight is 494 g/mol. The maximum Gasteiger partial charge on any atom is 0.243 e. The molecular formula is C24H32ClN3O4S. The van der Waals surface area contributed by atoms with E-state index in [1.54, 1.807) is 6.92 Å². The van der Waals surface area contributed by atoms with Crippen molar-refractivity contribution in [3.05, 3.63) is 64.7 Å². The molecule has 2 rings (SSSR count). The molecule has 2 aromatic carbocycles. The molecule has 33 heavy (non-hydrogen) atoms. The van der Waals surface area contributed by atoms with Crippen molar-refractivity contribution in [2.24, 2.45) is 0 Å². The molecule has 0 unspecified atom stereocenters. The fourth-order valence-electron chi connectivity index (χ4n) is 3.17. The second-order valence-electron chi connectivity index (χ2n) is 8.16. The van der Waals surface area contributed by atoms with Gasteiger partial charge in [0.25, 0.3) is 0 Å². The number of rotatable bonds is 10. The fraction of sp³-hybridized carbons (Fsp3) is 0.417. The highest BCUT2D eigenvalue weighted by Crippen LogP contribution is 2.19. The summed E-state index contributed by atoms with van der Waals surface area (Å²) in [6, 6.07) is 12.5. The van der Waals surface area contributed by atoms with Crippen LogP contribution in [0.1, 0.15) is 38.3 Å². The first kappa shape index (κ1) is 26.8. The lowest BCUT2D eigenvalue weighted by atomic mass is 10.1. The van der Waals surface area contributed by atoms with Crippen LogP contribution < -0.4 is 5.32 Å². The highest BCUT2D eigenvalue weighted by Gasteiger charge is 2.30. The molecule has 9 heteroatoms. The number of amides is 2. The number of nitrogens with zero attached hydrogens (tertiary/aromatic N) is 2. The maximum absolute atomic E-state index is 13.3. The van der Waals surface area contributed by atoms with Crippen molar-refractivity contribution in [3.63, 3.8) is 0 Å². The first-order valence-corrected chi connectivity index (χ1v) is 12.6. The Hall–Kier alpha value is -2.42. The smallest absolute Gasteiger partial charge is 0.243 e. The first-order chi connectivity index (χ1) is 15.5. The number of hydrogen-bond donors (Lipinski definition) is 1. The molecule has 7 nitrogen and oxygen atoms in total. The molecule has 0 saturated heterocycles. The van der Waals surface area contributed by atoms with Crippen LogP contribution in [0.15, 0.2) is 53.4 Å². The SMILES string of the molecule is CC[C@H](C)NC(=O)[C@H](C)N(Cc1ccccc1C)C(=O)CN(C)S(=O)(=O)c1ccc(Cl)cc1. The number of likely N-dealkylation sites (N-methyl/N-ethyl adjacent to an activating group) is 1. The van der Waals surface area contributed by atoms with Gasteiger partial charge < -0.3 is 10.2 Å². The van der Waals surface area contributed by atoms with Crippen molar-refractivity contribution in [1.82, 2.24) is 14.5 Å². The topological polar surface area (TPSA) is 86.8 Å². The Morgan fingerprint density at radius 1 is 1.06 bits per heavy atom. The van der Waals surface area contributed by atoms with Crippen LogP contribution in [0, 0.1) is 6.92 Å². The average Bonchev–Trinajstić information content (AvgIpc) is 2.78. The van der Waals surface area contributed by atoms with Gasteiger partial charge in [-0.2, -0.15) is 4.31 Å². The summed E-state index contributed by atoms with van der Waals surface area (Å²) in [5, 5.41) is 3.32. The number of benzene rings is 2. The molecule has 0 aliphatic heterocycles. The van der Waals surface area contributed by atoms with Crippen LogP contribution in [0.25, 0.3) is 0 Å². The Bertz CT molecular complexity index is 1070. The zero-order valence-corrected chi connectivity index (χ0v) is 21.3. The second-order valence-corrected chi connectivity index (χ2v) is 10.6. The van der Waals surface area contributed by atoms with Crippen LogP contribution >= 0.6 is 11.6 Å². The highest BCUT2D eigenvalue weighted by atomic mass is 35.5. The molecule has 0 aliphatic carbocycles. The highest BCUT2D eigenvalue weighted by molar-refractivity contribution is 7.89. The summed E-state index contributed by atoms with van der Waals surface area (Å²) in [6.45, 7) is 7.22. The van der Waals surface area contributed by atoms with E-state index in [9.17, 15) is 18.0 Å². The quantitative estimate of drug-likeness (QED) is 0.547. The third-order valence-corrected chi connectivity index (χ3v) is 7.72. The zero-order chi connectivity index (χ0) is 24.8. The number of aryl methyl sites for hydroxylation is 1. The van der Waals surface area contributed by atoms with Gasteiger partial charge in [-0.25, -0.2) is 8.42 Å². The summed E-state index contributed by atoms with van der Waals surface area (Å²) in [5.74, 6) is -0.750. The van der Waals surface area contributed by atoms with Gasteiger partial charge in [0, 0.05) is 24.7 Å². The minimum atomic E-state index is -3.91. The summed E-state index contributed by atoms with van der Waals surface area (Å²) in [4.78, 5) is 27.6. The van der Waals surface area contributed by atoms with Crippen molar-refractivity contribution in [2.75, 3.05) is 13.6 Å². The van der Waals surface area contributed by atoms with Crippen molar-refractivity contribution in [1.29, 1.82) is 0 Å². The van der Waals surface area contributed by atoms with Crippen LogP contribution in [0.3, 0.4) is 0 Å². The van der Waals surface area contributed by atoms with E-state index in [0.717, 1.165) is 21.9 Å². The van der Waals surface area contributed by atoms with Gasteiger partial charge in [0.2, 0.25) is 21.8 Å². The summed E-state index contributed by atoms with van der Waals surface area (Å²) < 4.78 is 26.9. The van der Waals surface area contributed by atoms with Crippen LogP contribution in [-0.4, -0.2) is 55.1 Å². The predicted octanol–water partition coefficient (Wildman–Crippen LogP) is 3.60. The number of hydrogen-bond acceptors (Lipinski definition) is 4. The molecule has 2 aromatic rings. The molecule has 0 aliphatic rings. The van der Waals surface area contributed by atoms with Crippen LogP contribution in [0.5, 0.6) is 0 Å². The largest absolute Gasteiger partial charge is 0.352 e. The number of sulfonamides is 1. The van der Waals surface area contributed by atoms with Crippen LogP contribution in [0.4, 0.5) is 0 Å². The lowest BCUT2D eigenvalue weighted by Gasteiger charge is -2.31. The van der Waals surface area contributed by atoms with Crippen LogP contribution in [-0.2, 0) is 26.2 Å². The van der Waals surface area contributed by atoms with E-state index >= 15 is 0 Å². The fourth-order valence-corrected chi connectivity index (χ4v) is 4.42. The van der Waals surface area contributed by atoms with E-state index in [2.05, 4.69) is 5.32 Å². The molecule has 0 spiro atoms. The standard InChI is InChI=1S/C24H32ClN3O4S/c1-6-18(3)26-24(30)19(4)28(15-20-10-8-7-9-17(20)2)23(29)16-27(5)33(31,32)22-13-11-21(25)12-14-22/h7-14,18-19H,6,15-16H2,1-5H3,(H,26,30)/t18-,19-/m0/s1. The molecule has 0 aromatic heterocycles. The van der Waals surface area contributed by atoms with Gasteiger partial charge in [0.1, 0.15) is 6.04 Å². The molecule has 2 amide bonds. The predicted molar refractivity (Wildman–Crippen MR) is 130 cm³/mol. The van der Waals surface area contributed by atoms with Crippen molar-refractivity contribution in [2.45, 2.75) is 57.6 Å². The lowest BCUT2D eigenvalue weighted by molar-refractivity contribution is -0.140. The molecule has 0 bridgehead atoms. The van der Waals surface area contributed by atoms with Gasteiger partial charge in [-0.05, 0) is 62.6 Å². The van der Waals surface area contributed by atoms with E-state index in [0.29, 0.717) is 5.02 Å². The Morgan fingerprint density at radius 2 is 1.67 bits per heavy atom. The Labute approximate surface area is 201 Å². The van der Waals surface area contributed by atoms with E-state index in [4.69, 9.17) is 11.6 Å². The monoisotopic (exact) mass is 493 g/mol. The number of carbonyl (C=O) groups excluding carboxylic acids is 2. The summed E-state index contributed by atoms with van der Waals surface area (Å²) >= 11 is 5.86. The minimum absolute atomic E-state index is 0.0372. The zero-order valence-electron chi connectivity index (χ0n) is 19.7. The summed E-state index contributed by atoms with van der Waals surface area (Å²) in [6.07, 6.45) is 0.756. The second kappa shape index (κ2) is 11.6. The minimum Gasteiger partial charge on any atom is -0.352 e. The van der Waals surface area contributed by atoms with Gasteiger partial charge >= 0.3 is 0 Å². The lowest BCUT2D eigenvalue weighted by Crippen LogP contribution is -2.52. The van der Waals surface area contributed by atoms with E-state index < -0.39 is 28.5 Å². The van der Waals surface area contributed by atoms with Crippen molar-refractivity contribution in [3.8, 4) is 0 Å². The maximum atomic E-state index is 13.3. The third kappa shape index (κ3) is 7.03. The van der Waals surface area contributed by atoms with E-state index in [1.807, 2.05) is 45.0 Å². The third-order valence-electron chi connectivity index (χ3n) is 5.65. The molecule has 2 atom stereocenters. The van der Waals surface area contributed by atoms with E-state index in [1.165, 1.54) is 36.2 Å². The van der Waals surface area contributed by atoms with Gasteiger partial charge in [0.15, 0.2) is 0 Å². The van der Waals surface area contributed by atoms with Crippen molar-refractivity contribution >= 4 is 33.4 Å². The normalized spacial score (nSPS) is 13.4. The summed E-state index contributed by atoms with van der Waals surface area (Å²) in [7, 11) is -2.56. The van der Waals surface area contributed by atoms with Crippen molar-refractivity contribution < 1.29 is 18.0 Å².